The van der Waals surface area contributed by atoms with Gasteiger partial charge in [0.25, 0.3) is 0 Å². The lowest BCUT2D eigenvalue weighted by Crippen LogP contribution is -2.37. The van der Waals surface area contributed by atoms with E-state index in [2.05, 4.69) is 25.2 Å². The van der Waals surface area contributed by atoms with Gasteiger partial charge in [-0.1, -0.05) is 18.2 Å². The van der Waals surface area contributed by atoms with Crippen LogP contribution in [0.1, 0.15) is 6.42 Å². The number of aldehydes is 2. The van der Waals surface area contributed by atoms with Crippen molar-refractivity contribution in [2.75, 3.05) is 42.3 Å². The maximum Gasteiger partial charge on any atom is 0.224 e. The van der Waals surface area contributed by atoms with E-state index >= 15 is 0 Å². The fraction of sp³-hybridized carbons (Fsp3) is 0.300. The second-order valence-electron chi connectivity index (χ2n) is 6.77. The number of nitrogens with two attached hydrogens (primary N) is 1. The number of carbonyl (C=O) groups is 2. The molecule has 1 atom stereocenters. The van der Waals surface area contributed by atoms with Crippen LogP contribution in [0.5, 0.6) is 0 Å². The Morgan fingerprint density at radius 3 is 2.73 bits per heavy atom. The molecule has 0 amide bonds. The van der Waals surface area contributed by atoms with Crippen LogP contribution in [0.25, 0.3) is 22.4 Å². The lowest BCUT2D eigenvalue weighted by atomic mass is 10.1. The molecule has 30 heavy (non-hydrogen) atoms. The molecule has 10 heteroatoms. The minimum atomic E-state index is -0.621. The van der Waals surface area contributed by atoms with Gasteiger partial charge in [-0.15, -0.1) is 0 Å². The van der Waals surface area contributed by atoms with E-state index < -0.39 is 6.04 Å². The minimum absolute atomic E-state index is 0.0789. The second kappa shape index (κ2) is 8.78. The van der Waals surface area contributed by atoms with Crippen molar-refractivity contribution in [1.82, 2.24) is 19.9 Å². The topological polar surface area (TPSA) is 136 Å². The highest BCUT2D eigenvalue weighted by Gasteiger charge is 2.20. The number of aromatic nitrogens is 4. The van der Waals surface area contributed by atoms with Crippen LogP contribution in [0, 0.1) is 0 Å². The van der Waals surface area contributed by atoms with Gasteiger partial charge in [0.05, 0.1) is 31.1 Å². The second-order valence-corrected chi connectivity index (χ2v) is 6.77. The zero-order valence-electron chi connectivity index (χ0n) is 16.2. The van der Waals surface area contributed by atoms with Gasteiger partial charge in [-0.05, 0) is 6.07 Å². The van der Waals surface area contributed by atoms with E-state index in [-0.39, 0.29) is 12.4 Å². The van der Waals surface area contributed by atoms with Crippen LogP contribution in [0.3, 0.4) is 0 Å². The summed E-state index contributed by atoms with van der Waals surface area (Å²) < 4.78 is 5.43. The van der Waals surface area contributed by atoms with E-state index in [0.717, 1.165) is 5.56 Å². The molecule has 0 spiro atoms. The van der Waals surface area contributed by atoms with Crippen molar-refractivity contribution < 1.29 is 14.3 Å². The number of fused-ring (bicyclic) bond motifs is 1. The summed E-state index contributed by atoms with van der Waals surface area (Å²) in [6, 6.07) is 6.78. The van der Waals surface area contributed by atoms with Crippen LogP contribution in [-0.4, -0.2) is 64.9 Å². The molecule has 1 unspecified atom stereocenters. The standard InChI is InChI=1S/C20H21N7O3/c21-20-25-18-17(19(26-20)27-6-9-30-10-7-27)24-16(11-22-18)14-3-1-2-4-15(14)23-13(12-29)5-8-28/h1-4,8,11-13,23H,5-7,9-10H2,(H2,21,22,25,26). The molecule has 1 saturated heterocycles. The molecular formula is C20H21N7O3. The quantitative estimate of drug-likeness (QED) is 0.547. The van der Waals surface area contributed by atoms with E-state index in [1.807, 2.05) is 24.3 Å². The van der Waals surface area contributed by atoms with E-state index in [9.17, 15) is 9.59 Å². The first-order chi connectivity index (χ1) is 14.7. The number of nitrogen functional groups attached to an aromatic ring is 1. The normalized spacial score (nSPS) is 15.0. The van der Waals surface area contributed by atoms with Crippen molar-refractivity contribution in [1.29, 1.82) is 0 Å². The van der Waals surface area contributed by atoms with Gasteiger partial charge in [0.15, 0.2) is 17.0 Å². The Morgan fingerprint density at radius 2 is 1.97 bits per heavy atom. The van der Waals surface area contributed by atoms with Crippen molar-refractivity contribution in [3.8, 4) is 11.3 Å². The molecule has 0 saturated carbocycles. The largest absolute Gasteiger partial charge is 0.378 e. The average molecular weight is 407 g/mol. The van der Waals surface area contributed by atoms with Gasteiger partial charge in [0, 0.05) is 30.8 Å². The number of carbonyl (C=O) groups excluding carboxylic acids is 2. The Balaban J connectivity index is 1.78. The number of rotatable bonds is 7. The first kappa shape index (κ1) is 19.6. The van der Waals surface area contributed by atoms with Crippen LogP contribution in [0.2, 0.25) is 0 Å². The zero-order chi connectivity index (χ0) is 20.9. The highest BCUT2D eigenvalue weighted by atomic mass is 16.5. The zero-order valence-corrected chi connectivity index (χ0v) is 16.2. The summed E-state index contributed by atoms with van der Waals surface area (Å²) in [5.41, 5.74) is 8.84. The SMILES string of the molecule is Nc1nc(N2CCOCC2)c2nc(-c3ccccc3NC(C=O)CC=O)cnc2n1. The fourth-order valence-electron chi connectivity index (χ4n) is 3.32. The molecule has 1 aliphatic rings. The average Bonchev–Trinajstić information content (AvgIpc) is 2.79. The summed E-state index contributed by atoms with van der Waals surface area (Å²) in [6.07, 6.45) is 3.11. The third-order valence-electron chi connectivity index (χ3n) is 4.77. The number of para-hydroxylation sites is 1. The molecular weight excluding hydrogens is 386 g/mol. The molecule has 0 aliphatic carbocycles. The summed E-state index contributed by atoms with van der Waals surface area (Å²) in [7, 11) is 0. The fourth-order valence-corrected chi connectivity index (χ4v) is 3.32. The Morgan fingerprint density at radius 1 is 1.17 bits per heavy atom. The van der Waals surface area contributed by atoms with Crippen LogP contribution < -0.4 is 16.0 Å². The first-order valence-electron chi connectivity index (χ1n) is 9.57. The number of anilines is 3. The van der Waals surface area contributed by atoms with Gasteiger partial charge in [-0.25, -0.2) is 9.97 Å². The van der Waals surface area contributed by atoms with Crippen molar-refractivity contribution in [2.24, 2.45) is 0 Å². The van der Waals surface area contributed by atoms with Crippen LogP contribution in [0.4, 0.5) is 17.5 Å². The van der Waals surface area contributed by atoms with E-state index in [0.29, 0.717) is 67.2 Å². The van der Waals surface area contributed by atoms with E-state index in [1.165, 1.54) is 0 Å². The monoisotopic (exact) mass is 407 g/mol. The smallest absolute Gasteiger partial charge is 0.224 e. The summed E-state index contributed by atoms with van der Waals surface area (Å²) in [5, 5.41) is 3.09. The van der Waals surface area contributed by atoms with Crippen LogP contribution in [-0.2, 0) is 14.3 Å². The molecule has 3 N–H and O–H groups in total. The number of ether oxygens (including phenoxy) is 1. The molecule has 1 aromatic carbocycles. The molecule has 0 radical (unpaired) electrons. The Bertz CT molecular complexity index is 1070. The number of nitrogens with one attached hydrogen (secondary N) is 1. The number of morpholine rings is 1. The molecule has 2 aromatic heterocycles. The summed E-state index contributed by atoms with van der Waals surface area (Å²) in [6.45, 7) is 2.52. The van der Waals surface area contributed by atoms with Gasteiger partial charge in [-0.3, -0.25) is 0 Å². The lowest BCUT2D eigenvalue weighted by Gasteiger charge is -2.28. The van der Waals surface area contributed by atoms with Gasteiger partial charge in [-0.2, -0.15) is 9.97 Å². The van der Waals surface area contributed by atoms with Gasteiger partial charge in [0.2, 0.25) is 5.95 Å². The van der Waals surface area contributed by atoms with Gasteiger partial charge in [0.1, 0.15) is 12.6 Å². The van der Waals surface area contributed by atoms with Crippen molar-refractivity contribution in [3.63, 3.8) is 0 Å². The van der Waals surface area contributed by atoms with Gasteiger partial charge < -0.3 is 30.3 Å². The number of nitrogens with zero attached hydrogens (tertiary/aromatic N) is 5. The Labute approximate surface area is 172 Å². The van der Waals surface area contributed by atoms with Crippen molar-refractivity contribution in [2.45, 2.75) is 12.5 Å². The predicted octanol–water partition coefficient (Wildman–Crippen LogP) is 1.07. The summed E-state index contributed by atoms with van der Waals surface area (Å²) in [5.74, 6) is 0.753. The molecule has 4 rings (SSSR count). The molecule has 0 bridgehead atoms. The number of benzene rings is 1. The minimum Gasteiger partial charge on any atom is -0.378 e. The maximum atomic E-state index is 11.3. The highest BCUT2D eigenvalue weighted by molar-refractivity contribution is 5.87. The van der Waals surface area contributed by atoms with E-state index in [1.54, 1.807) is 6.20 Å². The van der Waals surface area contributed by atoms with Crippen molar-refractivity contribution >= 4 is 41.2 Å². The number of hydrogen-bond donors (Lipinski definition) is 2. The van der Waals surface area contributed by atoms with E-state index in [4.69, 9.17) is 15.5 Å². The molecule has 1 fully saturated rings. The predicted molar refractivity (Wildman–Crippen MR) is 112 cm³/mol. The number of hydrogen-bond acceptors (Lipinski definition) is 10. The Hall–Kier alpha value is -3.66. The summed E-state index contributed by atoms with van der Waals surface area (Å²) in [4.78, 5) is 42.0. The Kier molecular flexibility index (Phi) is 5.75. The lowest BCUT2D eigenvalue weighted by molar-refractivity contribution is -0.112. The maximum absolute atomic E-state index is 11.3. The van der Waals surface area contributed by atoms with Crippen LogP contribution in [0.15, 0.2) is 30.5 Å². The highest BCUT2D eigenvalue weighted by Crippen LogP contribution is 2.30. The summed E-state index contributed by atoms with van der Waals surface area (Å²) >= 11 is 0. The third-order valence-corrected chi connectivity index (χ3v) is 4.77. The molecule has 1 aliphatic heterocycles. The molecule has 154 valence electrons. The molecule has 10 nitrogen and oxygen atoms in total. The first-order valence-corrected chi connectivity index (χ1v) is 9.57. The molecule has 3 heterocycles. The molecule has 3 aromatic rings. The third kappa shape index (κ3) is 4.03. The van der Waals surface area contributed by atoms with Crippen molar-refractivity contribution in [3.05, 3.63) is 30.5 Å². The van der Waals surface area contributed by atoms with Crippen LogP contribution >= 0.6 is 0 Å². The van der Waals surface area contributed by atoms with Gasteiger partial charge >= 0.3 is 0 Å².